The highest BCUT2D eigenvalue weighted by atomic mass is 16.4. The largest absolute Gasteiger partial charge is 0.480 e. The molecule has 0 radical (unpaired) electrons. The van der Waals surface area contributed by atoms with Crippen LogP contribution >= 0.6 is 0 Å². The maximum Gasteiger partial charge on any atom is 0.323 e. The molecule has 0 aliphatic carbocycles. The minimum absolute atomic E-state index is 0.563. The van der Waals surface area contributed by atoms with Crippen LogP contribution in [0, 0.1) is 0 Å². The molecule has 2 atom stereocenters. The number of aliphatic hydroxyl groups excluding tert-OH is 1. The van der Waals surface area contributed by atoms with Gasteiger partial charge in [0.15, 0.2) is 0 Å². The van der Waals surface area contributed by atoms with Crippen molar-refractivity contribution in [2.45, 2.75) is 37.8 Å². The summed E-state index contributed by atoms with van der Waals surface area (Å²) in [5.41, 5.74) is 5.37. The second kappa shape index (κ2) is 6.05. The van der Waals surface area contributed by atoms with E-state index >= 15 is 0 Å². The predicted octanol–water partition coefficient (Wildman–Crippen LogP) is -0.365. The molecule has 88 valence electrons. The lowest BCUT2D eigenvalue weighted by Gasteiger charge is -2.22. The maximum atomic E-state index is 10.9. The fourth-order valence-corrected chi connectivity index (χ4v) is 2.05. The highest BCUT2D eigenvalue weighted by Gasteiger charge is 2.37. The van der Waals surface area contributed by atoms with Crippen molar-refractivity contribution in [2.24, 2.45) is 5.73 Å². The van der Waals surface area contributed by atoms with Crippen LogP contribution in [0.5, 0.6) is 0 Å². The van der Waals surface area contributed by atoms with Gasteiger partial charge in [-0.05, 0) is 32.4 Å². The molecule has 0 aromatic rings. The maximum absolute atomic E-state index is 10.9. The van der Waals surface area contributed by atoms with E-state index in [0.29, 0.717) is 19.5 Å². The van der Waals surface area contributed by atoms with Gasteiger partial charge < -0.3 is 15.9 Å². The van der Waals surface area contributed by atoms with Crippen molar-refractivity contribution in [3.05, 3.63) is 0 Å². The molecule has 1 heterocycles. The van der Waals surface area contributed by atoms with Gasteiger partial charge in [-0.2, -0.15) is 0 Å². The van der Waals surface area contributed by atoms with E-state index in [1.165, 1.54) is 0 Å². The highest BCUT2D eigenvalue weighted by Crippen LogP contribution is 2.18. The van der Waals surface area contributed by atoms with Crippen LogP contribution in [-0.4, -0.2) is 52.9 Å². The van der Waals surface area contributed by atoms with Crippen molar-refractivity contribution >= 4 is 5.97 Å². The number of nitrogens with zero attached hydrogens (tertiary/aromatic N) is 1. The molecule has 0 aromatic carbocycles. The number of nitrogens with two attached hydrogens (primary N) is 1. The second-order valence-electron chi connectivity index (χ2n) is 4.02. The molecule has 1 saturated heterocycles. The van der Waals surface area contributed by atoms with Crippen molar-refractivity contribution in [1.82, 2.24) is 4.90 Å². The smallest absolute Gasteiger partial charge is 0.323 e. The van der Waals surface area contributed by atoms with E-state index in [4.69, 9.17) is 10.8 Å². The third kappa shape index (κ3) is 3.44. The Bertz CT molecular complexity index is 211. The molecular weight excluding hydrogens is 196 g/mol. The quantitative estimate of drug-likeness (QED) is 0.528. The number of unbranched alkanes of at least 4 members (excludes halogenated alkanes) is 2. The first-order valence-electron chi connectivity index (χ1n) is 5.52. The van der Waals surface area contributed by atoms with Crippen LogP contribution in [0.15, 0.2) is 0 Å². The lowest BCUT2D eigenvalue weighted by molar-refractivity contribution is -0.145. The third-order valence-corrected chi connectivity index (χ3v) is 2.87. The van der Waals surface area contributed by atoms with Crippen LogP contribution in [0.2, 0.25) is 0 Å². The number of hydrogen-bond acceptors (Lipinski definition) is 4. The normalized spacial score (nSPS) is 27.1. The topological polar surface area (TPSA) is 86.8 Å². The van der Waals surface area contributed by atoms with Crippen LogP contribution in [0.3, 0.4) is 0 Å². The van der Waals surface area contributed by atoms with E-state index in [0.717, 1.165) is 25.8 Å². The fraction of sp³-hybridized carbons (Fsp3) is 0.900. The van der Waals surface area contributed by atoms with Crippen LogP contribution in [0.4, 0.5) is 0 Å². The van der Waals surface area contributed by atoms with Gasteiger partial charge in [-0.1, -0.05) is 6.42 Å². The zero-order chi connectivity index (χ0) is 11.3. The summed E-state index contributed by atoms with van der Waals surface area (Å²) in [4.78, 5) is 12.7. The first-order valence-corrected chi connectivity index (χ1v) is 5.52. The summed E-state index contributed by atoms with van der Waals surface area (Å²) in [6, 6.07) is -0.706. The molecule has 0 aromatic heterocycles. The van der Waals surface area contributed by atoms with Crippen LogP contribution in [0.25, 0.3) is 0 Å². The minimum Gasteiger partial charge on any atom is -0.480 e. The number of aliphatic carboxylic acids is 1. The van der Waals surface area contributed by atoms with E-state index in [-0.39, 0.29) is 0 Å². The first kappa shape index (κ1) is 12.4. The van der Waals surface area contributed by atoms with Crippen LogP contribution in [0.1, 0.15) is 25.7 Å². The van der Waals surface area contributed by atoms with Gasteiger partial charge in [0, 0.05) is 6.54 Å². The van der Waals surface area contributed by atoms with Gasteiger partial charge in [0.2, 0.25) is 0 Å². The highest BCUT2D eigenvalue weighted by molar-refractivity contribution is 5.74. The predicted molar refractivity (Wildman–Crippen MR) is 56.5 cm³/mol. The molecule has 1 unspecified atom stereocenters. The summed E-state index contributed by atoms with van der Waals surface area (Å²) >= 11 is 0. The van der Waals surface area contributed by atoms with Gasteiger partial charge >= 0.3 is 5.97 Å². The Balaban J connectivity index is 2.31. The van der Waals surface area contributed by atoms with E-state index in [9.17, 15) is 9.90 Å². The number of hydrogen-bond donors (Lipinski definition) is 3. The molecule has 0 bridgehead atoms. The van der Waals surface area contributed by atoms with Gasteiger partial charge in [-0.15, -0.1) is 0 Å². The molecule has 0 spiro atoms. The Kier molecular flexibility index (Phi) is 5.01. The van der Waals surface area contributed by atoms with Crippen molar-refractivity contribution in [2.75, 3.05) is 19.6 Å². The fourth-order valence-electron chi connectivity index (χ4n) is 2.05. The average molecular weight is 216 g/mol. The zero-order valence-corrected chi connectivity index (χ0v) is 8.93. The van der Waals surface area contributed by atoms with Gasteiger partial charge in [-0.25, -0.2) is 0 Å². The van der Waals surface area contributed by atoms with Crippen molar-refractivity contribution in [3.8, 4) is 0 Å². The molecule has 0 amide bonds. The average Bonchev–Trinajstić information content (AvgIpc) is 2.54. The lowest BCUT2D eigenvalue weighted by Crippen LogP contribution is -2.42. The Morgan fingerprint density at radius 3 is 2.73 bits per heavy atom. The van der Waals surface area contributed by atoms with E-state index < -0.39 is 18.1 Å². The number of carbonyl (C=O) groups is 1. The Labute approximate surface area is 89.9 Å². The number of likely N-dealkylation sites (tertiary alicyclic amines) is 1. The number of carboxylic acids is 1. The SMILES string of the molecule is NCCCCCN1CCC(O)[C@H]1C(=O)O. The molecule has 5 nitrogen and oxygen atoms in total. The summed E-state index contributed by atoms with van der Waals surface area (Å²) in [5.74, 6) is -0.918. The standard InChI is InChI=1S/C10H20N2O3/c11-5-2-1-3-6-12-7-4-8(13)9(12)10(14)15/h8-9,13H,1-7,11H2,(H,14,15)/t8?,9-/m0/s1. The summed E-state index contributed by atoms with van der Waals surface area (Å²) in [5, 5.41) is 18.4. The van der Waals surface area contributed by atoms with Crippen molar-refractivity contribution in [3.63, 3.8) is 0 Å². The van der Waals surface area contributed by atoms with Crippen LogP contribution < -0.4 is 5.73 Å². The number of aliphatic hydroxyl groups is 1. The Hall–Kier alpha value is -0.650. The van der Waals surface area contributed by atoms with Crippen molar-refractivity contribution in [1.29, 1.82) is 0 Å². The zero-order valence-electron chi connectivity index (χ0n) is 8.93. The van der Waals surface area contributed by atoms with Gasteiger partial charge in [-0.3, -0.25) is 9.69 Å². The molecule has 4 N–H and O–H groups in total. The molecule has 1 aliphatic rings. The summed E-state index contributed by atoms with van der Waals surface area (Å²) in [6.45, 7) is 2.11. The van der Waals surface area contributed by atoms with Gasteiger partial charge in [0.25, 0.3) is 0 Å². The molecule has 1 fully saturated rings. The minimum atomic E-state index is -0.918. The third-order valence-electron chi connectivity index (χ3n) is 2.87. The monoisotopic (exact) mass is 216 g/mol. The second-order valence-corrected chi connectivity index (χ2v) is 4.02. The van der Waals surface area contributed by atoms with Crippen LogP contribution in [-0.2, 0) is 4.79 Å². The Morgan fingerprint density at radius 1 is 1.40 bits per heavy atom. The summed E-state index contributed by atoms with van der Waals surface area (Å²) in [7, 11) is 0. The molecule has 15 heavy (non-hydrogen) atoms. The van der Waals surface area contributed by atoms with E-state index in [2.05, 4.69) is 0 Å². The molecule has 1 rings (SSSR count). The first-order chi connectivity index (χ1) is 7.16. The van der Waals surface area contributed by atoms with E-state index in [1.54, 1.807) is 0 Å². The van der Waals surface area contributed by atoms with Gasteiger partial charge in [0.1, 0.15) is 6.04 Å². The summed E-state index contributed by atoms with van der Waals surface area (Å²) in [6.07, 6.45) is 2.81. The molecular formula is C10H20N2O3. The lowest BCUT2D eigenvalue weighted by atomic mass is 10.1. The number of carboxylic acid groups (broad SMARTS) is 1. The Morgan fingerprint density at radius 2 is 2.13 bits per heavy atom. The van der Waals surface area contributed by atoms with Crippen molar-refractivity contribution < 1.29 is 15.0 Å². The summed E-state index contributed by atoms with van der Waals surface area (Å²) < 4.78 is 0. The molecule has 1 aliphatic heterocycles. The van der Waals surface area contributed by atoms with Gasteiger partial charge in [0.05, 0.1) is 6.10 Å². The molecule has 5 heteroatoms. The number of rotatable bonds is 6. The molecule has 0 saturated carbocycles. The van der Waals surface area contributed by atoms with E-state index in [1.807, 2.05) is 4.90 Å².